The van der Waals surface area contributed by atoms with E-state index in [2.05, 4.69) is 28.2 Å². The second-order valence-corrected chi connectivity index (χ2v) is 3.58. The highest BCUT2D eigenvalue weighted by Gasteiger charge is 1.99. The highest BCUT2D eigenvalue weighted by molar-refractivity contribution is 9.10. The minimum Gasteiger partial charge on any atom is -0.488 e. The van der Waals surface area contributed by atoms with Crippen molar-refractivity contribution in [2.45, 2.75) is 0 Å². The maximum atomic E-state index is 5.76. The SMILES string of the molecule is C=C=CCOc1ccc(Cl)cc1Br. The average molecular weight is 260 g/mol. The van der Waals surface area contributed by atoms with Crippen LogP contribution in [0.2, 0.25) is 5.02 Å². The molecule has 0 fully saturated rings. The first kappa shape index (κ1) is 10.4. The number of ether oxygens (including phenoxy) is 1. The van der Waals surface area contributed by atoms with Crippen LogP contribution in [0.15, 0.2) is 41.1 Å². The quantitative estimate of drug-likeness (QED) is 0.750. The molecule has 0 aliphatic carbocycles. The number of rotatable bonds is 3. The Morgan fingerprint density at radius 3 is 3.00 bits per heavy atom. The summed E-state index contributed by atoms with van der Waals surface area (Å²) < 4.78 is 6.21. The van der Waals surface area contributed by atoms with Crippen molar-refractivity contribution in [1.29, 1.82) is 0 Å². The first-order valence-electron chi connectivity index (χ1n) is 3.66. The van der Waals surface area contributed by atoms with Crippen molar-refractivity contribution in [3.8, 4) is 5.75 Å². The molecule has 0 saturated carbocycles. The van der Waals surface area contributed by atoms with E-state index in [1.807, 2.05) is 6.07 Å². The van der Waals surface area contributed by atoms with E-state index in [1.54, 1.807) is 18.2 Å². The first-order chi connectivity index (χ1) is 6.24. The summed E-state index contributed by atoms with van der Waals surface area (Å²) >= 11 is 9.10. The lowest BCUT2D eigenvalue weighted by atomic mass is 10.3. The van der Waals surface area contributed by atoms with E-state index in [0.29, 0.717) is 11.6 Å². The van der Waals surface area contributed by atoms with Gasteiger partial charge in [0.05, 0.1) is 4.47 Å². The largest absolute Gasteiger partial charge is 0.488 e. The molecule has 0 heterocycles. The standard InChI is InChI=1S/C10H8BrClO/c1-2-3-6-13-10-5-4-8(12)7-9(10)11/h3-5,7H,1,6H2. The third-order valence-corrected chi connectivity index (χ3v) is 2.22. The molecule has 0 saturated heterocycles. The molecule has 1 aromatic rings. The average Bonchev–Trinajstić information content (AvgIpc) is 2.09. The molecule has 0 amide bonds. The van der Waals surface area contributed by atoms with Gasteiger partial charge in [0.2, 0.25) is 0 Å². The fraction of sp³-hybridized carbons (Fsp3) is 0.100. The lowest BCUT2D eigenvalue weighted by Gasteiger charge is -2.04. The Morgan fingerprint density at radius 1 is 1.62 bits per heavy atom. The molecule has 1 aromatic carbocycles. The topological polar surface area (TPSA) is 9.23 Å². The van der Waals surface area contributed by atoms with Gasteiger partial charge in [-0.2, -0.15) is 0 Å². The Labute approximate surface area is 90.8 Å². The summed E-state index contributed by atoms with van der Waals surface area (Å²) in [6.07, 6.45) is 1.71. The highest BCUT2D eigenvalue weighted by Crippen LogP contribution is 2.27. The summed E-state index contributed by atoms with van der Waals surface area (Å²) in [5, 5.41) is 0.679. The van der Waals surface area contributed by atoms with Gasteiger partial charge >= 0.3 is 0 Å². The van der Waals surface area contributed by atoms with Crippen molar-refractivity contribution in [3.63, 3.8) is 0 Å². The first-order valence-corrected chi connectivity index (χ1v) is 4.83. The lowest BCUT2D eigenvalue weighted by molar-refractivity contribution is 0.361. The third kappa shape index (κ3) is 3.27. The van der Waals surface area contributed by atoms with Gasteiger partial charge < -0.3 is 4.74 Å². The van der Waals surface area contributed by atoms with E-state index < -0.39 is 0 Å². The van der Waals surface area contributed by atoms with Crippen LogP contribution in [0, 0.1) is 0 Å². The van der Waals surface area contributed by atoms with Crippen molar-refractivity contribution in [2.24, 2.45) is 0 Å². The van der Waals surface area contributed by atoms with Gasteiger partial charge in [-0.05, 0) is 40.2 Å². The highest BCUT2D eigenvalue weighted by atomic mass is 79.9. The van der Waals surface area contributed by atoms with Crippen LogP contribution in [0.4, 0.5) is 0 Å². The zero-order valence-corrected chi connectivity index (χ0v) is 9.23. The molecule has 68 valence electrons. The summed E-state index contributed by atoms with van der Waals surface area (Å²) in [5.74, 6) is 0.760. The molecule has 0 spiro atoms. The predicted octanol–water partition coefficient (Wildman–Crippen LogP) is 3.82. The Kier molecular flexibility index (Phi) is 4.10. The molecule has 0 bridgehead atoms. The van der Waals surface area contributed by atoms with Crippen molar-refractivity contribution >= 4 is 27.5 Å². The molecule has 3 heteroatoms. The molecule has 0 N–H and O–H groups in total. The molecule has 0 atom stereocenters. The zero-order chi connectivity index (χ0) is 9.68. The minimum atomic E-state index is 0.462. The van der Waals surface area contributed by atoms with Crippen LogP contribution in [-0.4, -0.2) is 6.61 Å². The van der Waals surface area contributed by atoms with E-state index in [-0.39, 0.29) is 0 Å². The molecule has 13 heavy (non-hydrogen) atoms. The van der Waals surface area contributed by atoms with Crippen LogP contribution in [0.5, 0.6) is 5.75 Å². The van der Waals surface area contributed by atoms with Gasteiger partial charge in [-0.15, -0.1) is 5.73 Å². The van der Waals surface area contributed by atoms with Crippen LogP contribution < -0.4 is 4.74 Å². The van der Waals surface area contributed by atoms with Gasteiger partial charge in [0.1, 0.15) is 12.4 Å². The summed E-state index contributed by atoms with van der Waals surface area (Å²) in [4.78, 5) is 0. The number of hydrogen-bond donors (Lipinski definition) is 0. The van der Waals surface area contributed by atoms with Crippen LogP contribution in [-0.2, 0) is 0 Å². The molecular formula is C10H8BrClO. The molecule has 0 aromatic heterocycles. The predicted molar refractivity (Wildman–Crippen MR) is 58.4 cm³/mol. The molecular weight excluding hydrogens is 251 g/mol. The molecule has 0 unspecified atom stereocenters. The van der Waals surface area contributed by atoms with Gasteiger partial charge in [0.15, 0.2) is 0 Å². The lowest BCUT2D eigenvalue weighted by Crippen LogP contribution is -1.93. The molecule has 0 aliphatic heterocycles. The molecule has 1 nitrogen and oxygen atoms in total. The van der Waals surface area contributed by atoms with Crippen LogP contribution in [0.3, 0.4) is 0 Å². The zero-order valence-electron chi connectivity index (χ0n) is 6.89. The summed E-state index contributed by atoms with van der Waals surface area (Å²) in [5.41, 5.74) is 2.63. The Morgan fingerprint density at radius 2 is 2.38 bits per heavy atom. The Balaban J connectivity index is 2.71. The van der Waals surface area contributed by atoms with Gasteiger partial charge in [0.25, 0.3) is 0 Å². The fourth-order valence-electron chi connectivity index (χ4n) is 0.783. The monoisotopic (exact) mass is 258 g/mol. The van der Waals surface area contributed by atoms with Crippen LogP contribution in [0.1, 0.15) is 0 Å². The third-order valence-electron chi connectivity index (χ3n) is 1.36. The number of hydrogen-bond acceptors (Lipinski definition) is 1. The van der Waals surface area contributed by atoms with Crippen molar-refractivity contribution in [2.75, 3.05) is 6.61 Å². The summed E-state index contributed by atoms with van der Waals surface area (Å²) in [6.45, 7) is 3.90. The summed E-state index contributed by atoms with van der Waals surface area (Å²) in [7, 11) is 0. The van der Waals surface area contributed by atoms with E-state index in [1.165, 1.54) is 0 Å². The van der Waals surface area contributed by atoms with Gasteiger partial charge in [-0.25, -0.2) is 0 Å². The maximum Gasteiger partial charge on any atom is 0.134 e. The fourth-order valence-corrected chi connectivity index (χ4v) is 1.58. The van der Waals surface area contributed by atoms with Gasteiger partial charge in [0, 0.05) is 5.02 Å². The van der Waals surface area contributed by atoms with Crippen LogP contribution in [0.25, 0.3) is 0 Å². The summed E-state index contributed by atoms with van der Waals surface area (Å²) in [6, 6.07) is 5.37. The van der Waals surface area contributed by atoms with Gasteiger partial charge in [-0.1, -0.05) is 18.2 Å². The van der Waals surface area contributed by atoms with Gasteiger partial charge in [-0.3, -0.25) is 0 Å². The van der Waals surface area contributed by atoms with E-state index in [0.717, 1.165) is 10.2 Å². The normalized spacial score (nSPS) is 9.08. The van der Waals surface area contributed by atoms with E-state index in [9.17, 15) is 0 Å². The maximum absolute atomic E-state index is 5.76. The van der Waals surface area contributed by atoms with E-state index >= 15 is 0 Å². The molecule has 0 aliphatic rings. The molecule has 0 radical (unpaired) electrons. The second-order valence-electron chi connectivity index (χ2n) is 2.29. The number of halogens is 2. The smallest absolute Gasteiger partial charge is 0.134 e. The Hall–Kier alpha value is -0.690. The Bertz CT molecular complexity index is 343. The van der Waals surface area contributed by atoms with Crippen molar-refractivity contribution in [3.05, 3.63) is 46.1 Å². The minimum absolute atomic E-state index is 0.462. The number of benzene rings is 1. The second kappa shape index (κ2) is 5.13. The van der Waals surface area contributed by atoms with Crippen LogP contribution >= 0.6 is 27.5 Å². The van der Waals surface area contributed by atoms with Crippen molar-refractivity contribution in [1.82, 2.24) is 0 Å². The molecule has 1 rings (SSSR count). The van der Waals surface area contributed by atoms with E-state index in [4.69, 9.17) is 16.3 Å². The van der Waals surface area contributed by atoms with Crippen molar-refractivity contribution < 1.29 is 4.74 Å².